The van der Waals surface area contributed by atoms with Gasteiger partial charge in [0.05, 0.1) is 22.9 Å². The van der Waals surface area contributed by atoms with Crippen molar-refractivity contribution in [2.24, 2.45) is 14.1 Å². The van der Waals surface area contributed by atoms with Crippen molar-refractivity contribution in [3.8, 4) is 11.1 Å². The van der Waals surface area contributed by atoms with E-state index in [-0.39, 0.29) is 47.9 Å². The number of benzene rings is 3. The summed E-state index contributed by atoms with van der Waals surface area (Å²) in [6, 6.07) is 12.8. The summed E-state index contributed by atoms with van der Waals surface area (Å²) >= 11 is 0. The molecule has 0 aliphatic carbocycles. The second kappa shape index (κ2) is 19.4. The predicted molar refractivity (Wildman–Crippen MR) is 253 cm³/mol. The molecule has 354 valence electrons. The number of hydrogen-bond donors (Lipinski definition) is 3. The molecule has 1 unspecified atom stereocenters. The molecule has 2 fully saturated rings. The maximum atomic E-state index is 14.8. The van der Waals surface area contributed by atoms with Gasteiger partial charge in [-0.25, -0.2) is 18.4 Å². The minimum absolute atomic E-state index is 0.0220. The summed E-state index contributed by atoms with van der Waals surface area (Å²) in [5.41, 5.74) is 9.19. The van der Waals surface area contributed by atoms with Crippen LogP contribution in [-0.4, -0.2) is 92.2 Å². The van der Waals surface area contributed by atoms with Crippen molar-refractivity contribution in [3.63, 3.8) is 0 Å². The molecule has 5 aromatic rings. The largest absolute Gasteiger partial charge is 0.383 e. The van der Waals surface area contributed by atoms with Crippen LogP contribution in [0.1, 0.15) is 110 Å². The average molecular weight is 919 g/mol. The molecule has 1 atom stereocenters. The molecule has 6 heterocycles. The summed E-state index contributed by atoms with van der Waals surface area (Å²) in [4.78, 5) is 70.0. The van der Waals surface area contributed by atoms with Gasteiger partial charge in [-0.05, 0) is 115 Å². The number of urea groups is 1. The molecular formula is C50H60F2N10O5. The van der Waals surface area contributed by atoms with Crippen LogP contribution in [0.5, 0.6) is 0 Å². The highest BCUT2D eigenvalue weighted by atomic mass is 19.3. The van der Waals surface area contributed by atoms with Crippen molar-refractivity contribution in [2.75, 3.05) is 50.0 Å². The van der Waals surface area contributed by atoms with E-state index in [1.54, 1.807) is 48.9 Å². The number of likely N-dealkylation sites (tertiary alicyclic amines) is 1. The van der Waals surface area contributed by atoms with Crippen LogP contribution >= 0.6 is 0 Å². The predicted octanol–water partition coefficient (Wildman–Crippen LogP) is 7.21. The molecule has 3 aromatic carbocycles. The molecule has 2 saturated heterocycles. The van der Waals surface area contributed by atoms with Gasteiger partial charge in [0.1, 0.15) is 6.04 Å². The Morgan fingerprint density at radius 3 is 2.43 bits per heavy atom. The molecule has 2 aromatic heterocycles. The summed E-state index contributed by atoms with van der Waals surface area (Å²) in [7, 11) is 5.11. The smallest absolute Gasteiger partial charge is 0.329 e. The number of unbranched alkanes of at least 4 members (excludes halogenated alkanes) is 3. The molecule has 67 heavy (non-hydrogen) atoms. The number of aromatic nitrogens is 4. The van der Waals surface area contributed by atoms with Crippen LogP contribution in [0.15, 0.2) is 59.7 Å². The Labute approximate surface area is 388 Å². The van der Waals surface area contributed by atoms with E-state index in [2.05, 4.69) is 38.1 Å². The molecule has 5 amide bonds. The van der Waals surface area contributed by atoms with Gasteiger partial charge in [-0.2, -0.15) is 5.10 Å². The summed E-state index contributed by atoms with van der Waals surface area (Å²) in [5.74, 6) is -0.376. The van der Waals surface area contributed by atoms with Gasteiger partial charge >= 0.3 is 11.7 Å². The second-order valence-electron chi connectivity index (χ2n) is 18.5. The van der Waals surface area contributed by atoms with Crippen molar-refractivity contribution in [2.45, 2.75) is 102 Å². The molecule has 0 bridgehead atoms. The zero-order chi connectivity index (χ0) is 46.9. The number of fused-ring (bicyclic) bond motifs is 3. The Kier molecular flexibility index (Phi) is 13.2. The molecule has 3 N–H and O–H groups in total. The van der Waals surface area contributed by atoms with Crippen LogP contribution in [0, 0.1) is 0 Å². The molecule has 0 radical (unpaired) electrons. The Hall–Kier alpha value is -6.52. The topological polar surface area (TPSA) is 159 Å². The lowest BCUT2D eigenvalue weighted by Gasteiger charge is -2.39. The van der Waals surface area contributed by atoms with Crippen molar-refractivity contribution in [1.82, 2.24) is 39.3 Å². The highest BCUT2D eigenvalue weighted by Gasteiger charge is 2.34. The van der Waals surface area contributed by atoms with Gasteiger partial charge in [0.2, 0.25) is 17.7 Å². The standard InChI is InChI=1S/C50H60F2N10O5/c1-53-49(66)60-23-18-32-24-34(26-43(38(32)30-60)61-20-9-10-33-25-36(35-28-55-57(2)29-35)37(47(51)52)27-42(33)61)31-16-21-59(22-17-31)45(64)13-6-4-5-7-19-54-39-11-8-12-40-46(39)58(3)50(67)62(40)41-14-15-44(63)56-48(41)65/h8,11-12,24-29,31,41,47,54H,4-7,9-10,13-23,30H2,1-3H3,(H,53,66)(H,56,63,65). The lowest BCUT2D eigenvalue weighted by atomic mass is 9.84. The number of alkyl halides is 2. The van der Waals surface area contributed by atoms with E-state index in [4.69, 9.17) is 0 Å². The summed E-state index contributed by atoms with van der Waals surface area (Å²) < 4.78 is 34.3. The zero-order valence-corrected chi connectivity index (χ0v) is 38.6. The Morgan fingerprint density at radius 1 is 0.881 bits per heavy atom. The van der Waals surface area contributed by atoms with E-state index in [1.807, 2.05) is 34.1 Å². The van der Waals surface area contributed by atoms with Gasteiger partial charge < -0.3 is 25.3 Å². The third kappa shape index (κ3) is 9.16. The quantitative estimate of drug-likeness (QED) is 0.0827. The summed E-state index contributed by atoms with van der Waals surface area (Å²) in [6.07, 6.45) is 9.20. The van der Waals surface area contributed by atoms with Crippen LogP contribution in [-0.2, 0) is 47.9 Å². The first-order valence-corrected chi connectivity index (χ1v) is 23.8. The van der Waals surface area contributed by atoms with Crippen molar-refractivity contribution < 1.29 is 28.0 Å². The number of aryl methyl sites for hydroxylation is 3. The van der Waals surface area contributed by atoms with Crippen LogP contribution < -0.4 is 26.5 Å². The van der Waals surface area contributed by atoms with Crippen LogP contribution in [0.25, 0.3) is 22.2 Å². The van der Waals surface area contributed by atoms with Crippen molar-refractivity contribution >= 4 is 51.8 Å². The number of nitrogens with one attached hydrogen (secondary N) is 3. The number of para-hydroxylation sites is 1. The third-order valence-corrected chi connectivity index (χ3v) is 14.3. The van der Waals surface area contributed by atoms with E-state index in [0.29, 0.717) is 74.3 Å². The van der Waals surface area contributed by atoms with Crippen LogP contribution in [0.2, 0.25) is 0 Å². The Bertz CT molecular complexity index is 2770. The van der Waals surface area contributed by atoms with Gasteiger partial charge in [-0.3, -0.25) is 33.5 Å². The number of hydrogen-bond acceptors (Lipinski definition) is 8. The van der Waals surface area contributed by atoms with E-state index in [1.165, 1.54) is 15.7 Å². The van der Waals surface area contributed by atoms with Crippen molar-refractivity contribution in [1.29, 1.82) is 0 Å². The molecule has 15 nitrogen and oxygen atoms in total. The highest BCUT2D eigenvalue weighted by molar-refractivity contribution is 6.00. The van der Waals surface area contributed by atoms with E-state index in [9.17, 15) is 32.8 Å². The average Bonchev–Trinajstić information content (AvgIpc) is 3.88. The number of nitrogens with zero attached hydrogens (tertiary/aromatic N) is 7. The fraction of sp³-hybridized carbons (Fsp3) is 0.480. The Balaban J connectivity index is 0.818. The van der Waals surface area contributed by atoms with Crippen LogP contribution in [0.4, 0.5) is 30.6 Å². The number of anilines is 3. The Morgan fingerprint density at radius 2 is 1.69 bits per heavy atom. The minimum Gasteiger partial charge on any atom is -0.383 e. The second-order valence-corrected chi connectivity index (χ2v) is 18.5. The van der Waals surface area contributed by atoms with E-state index < -0.39 is 18.4 Å². The number of amides is 5. The normalized spacial score (nSPS) is 17.8. The number of piperidine rings is 2. The van der Waals surface area contributed by atoms with Crippen LogP contribution in [0.3, 0.4) is 0 Å². The zero-order valence-electron chi connectivity index (χ0n) is 38.6. The third-order valence-electron chi connectivity index (χ3n) is 14.3. The monoisotopic (exact) mass is 918 g/mol. The molecular weight excluding hydrogens is 859 g/mol. The number of carbonyl (C=O) groups is 4. The van der Waals surface area contributed by atoms with Gasteiger partial charge in [0.25, 0.3) is 6.43 Å². The summed E-state index contributed by atoms with van der Waals surface area (Å²) in [5, 5.41) is 12.8. The summed E-state index contributed by atoms with van der Waals surface area (Å²) in [6.45, 7) is 3.71. The number of carbonyl (C=O) groups excluding carboxylic acids is 4. The SMILES string of the molecule is CNC(=O)N1CCc2cc(C3CCN(C(=O)CCCCCCNc4cccc5c4n(C)c(=O)n5C4CCC(=O)NC4=O)CC3)cc(N3CCCc4cc(-c5cnn(C)c5)c(C(F)F)cc43)c2C1. The first kappa shape index (κ1) is 45.6. The van der Waals surface area contributed by atoms with Gasteiger partial charge in [-0.1, -0.05) is 25.0 Å². The highest BCUT2D eigenvalue weighted by Crippen LogP contribution is 2.45. The first-order chi connectivity index (χ1) is 32.4. The van der Waals surface area contributed by atoms with Gasteiger partial charge in [0.15, 0.2) is 0 Å². The lowest BCUT2D eigenvalue weighted by molar-refractivity contribution is -0.136. The van der Waals surface area contributed by atoms with E-state index >= 15 is 0 Å². The maximum absolute atomic E-state index is 14.8. The number of imide groups is 1. The molecule has 4 aliphatic heterocycles. The number of imidazole rings is 1. The molecule has 0 spiro atoms. The number of rotatable bonds is 13. The lowest BCUT2D eigenvalue weighted by Crippen LogP contribution is -2.44. The minimum atomic E-state index is -2.67. The molecule has 17 heteroatoms. The number of halogens is 2. The molecule has 9 rings (SSSR count). The first-order valence-electron chi connectivity index (χ1n) is 23.8. The van der Waals surface area contributed by atoms with Crippen molar-refractivity contribution in [3.05, 3.63) is 93.2 Å². The maximum Gasteiger partial charge on any atom is 0.329 e. The van der Waals surface area contributed by atoms with E-state index in [0.717, 1.165) is 79.6 Å². The molecule has 4 aliphatic rings. The fourth-order valence-corrected chi connectivity index (χ4v) is 10.8. The fourth-order valence-electron chi connectivity index (χ4n) is 10.8. The van der Waals surface area contributed by atoms with Gasteiger partial charge in [-0.15, -0.1) is 0 Å². The molecule has 0 saturated carbocycles. The van der Waals surface area contributed by atoms with Gasteiger partial charge in [0, 0.05) is 102 Å².